The van der Waals surface area contributed by atoms with Crippen molar-refractivity contribution in [2.75, 3.05) is 0 Å². The molecule has 40 valence electrons. The first-order valence-corrected chi connectivity index (χ1v) is 3.34. The summed E-state index contributed by atoms with van der Waals surface area (Å²) in [4.78, 5) is 9.63. The van der Waals surface area contributed by atoms with Gasteiger partial charge in [0.2, 0.25) is 0 Å². The van der Waals surface area contributed by atoms with Crippen LogP contribution in [-0.4, -0.2) is 11.1 Å². The van der Waals surface area contributed by atoms with Gasteiger partial charge in [0, 0.05) is 0 Å². The molecule has 0 heterocycles. The molecule has 4 heteroatoms. The van der Waals surface area contributed by atoms with Crippen LogP contribution in [0.5, 0.6) is 0 Å². The summed E-state index contributed by atoms with van der Waals surface area (Å²) in [5.41, 5.74) is 0. The van der Waals surface area contributed by atoms with Crippen LogP contribution in [0.1, 0.15) is 6.42 Å². The van der Waals surface area contributed by atoms with E-state index in [1.54, 1.807) is 0 Å². The third-order valence-electron chi connectivity index (χ3n) is 0.417. The number of carboxylic acid groups (broad SMARTS) is 1. The van der Waals surface area contributed by atoms with Crippen LogP contribution in [0.3, 0.4) is 0 Å². The molecule has 0 spiro atoms. The van der Waals surface area contributed by atoms with E-state index in [1.807, 2.05) is 0 Å². The molecule has 0 bridgehead atoms. The van der Waals surface area contributed by atoms with Crippen LogP contribution in [0.4, 0.5) is 0 Å². The normalized spacial score (nSPS) is 8.00. The minimum atomic E-state index is -0.943. The van der Waals surface area contributed by atoms with Gasteiger partial charge in [0.05, 0.1) is 0 Å². The monoisotopic (exact) mass is 140 g/mol. The molecule has 1 N–H and O–H groups in total. The van der Waals surface area contributed by atoms with Crippen molar-refractivity contribution in [3.63, 3.8) is 0 Å². The van der Waals surface area contributed by atoms with Crippen molar-refractivity contribution in [3.05, 3.63) is 0 Å². The standard InChI is InChI=1S/C3H5O2.O.V/c1-2-3(4)5;;/h1-2H2,(H,4,5);;. The Labute approximate surface area is 48.0 Å². The molecule has 0 radical (unpaired) electrons. The Bertz CT molecular complexity index is 80.2. The van der Waals surface area contributed by atoms with Crippen LogP contribution in [0.25, 0.3) is 0 Å². The summed E-state index contributed by atoms with van der Waals surface area (Å²) in [6.07, 6.45) is 0.0451. The molecule has 0 saturated heterocycles. The molecule has 0 saturated carbocycles. The number of hydrogen-bond donors (Lipinski definition) is 1. The molecule has 0 rings (SSSR count). The van der Waals surface area contributed by atoms with Crippen LogP contribution in [0.15, 0.2) is 0 Å². The first-order valence-electron chi connectivity index (χ1n) is 1.78. The number of carboxylic acids is 1. The summed E-state index contributed by atoms with van der Waals surface area (Å²) in [6, 6.07) is 0. The molecule has 0 aromatic rings. The fourth-order valence-electron chi connectivity index (χ4n) is 0.141. The van der Waals surface area contributed by atoms with Crippen molar-refractivity contribution in [1.82, 2.24) is 0 Å². The van der Waals surface area contributed by atoms with Crippen LogP contribution in [0, 0.1) is 0 Å². The van der Waals surface area contributed by atoms with E-state index in [1.165, 1.54) is 0 Å². The first kappa shape index (κ1) is 6.85. The van der Waals surface area contributed by atoms with Gasteiger partial charge in [-0.05, 0) is 0 Å². The zero-order chi connectivity index (χ0) is 5.70. The van der Waals surface area contributed by atoms with Crippen LogP contribution >= 0.6 is 0 Å². The van der Waals surface area contributed by atoms with Gasteiger partial charge < -0.3 is 0 Å². The van der Waals surface area contributed by atoms with Gasteiger partial charge in [-0.15, -0.1) is 0 Å². The third kappa shape index (κ3) is 5.85. The molecule has 0 aliphatic carbocycles. The maximum absolute atomic E-state index is 9.66. The average molecular weight is 140 g/mol. The van der Waals surface area contributed by atoms with Gasteiger partial charge >= 0.3 is 47.3 Å². The third-order valence-corrected chi connectivity index (χ3v) is 1.05. The summed E-state index contributed by atoms with van der Waals surface area (Å²) in [5, 5.41) is 8.26. The summed E-state index contributed by atoms with van der Waals surface area (Å²) < 4.78 is 9.66. The Morgan fingerprint density at radius 1 is 1.71 bits per heavy atom. The van der Waals surface area contributed by atoms with E-state index in [4.69, 9.17) is 5.11 Å². The molecule has 0 aliphatic heterocycles. The molecule has 0 aliphatic rings. The van der Waals surface area contributed by atoms with Gasteiger partial charge in [-0.2, -0.15) is 0 Å². The predicted molar refractivity (Wildman–Crippen MR) is 17.7 cm³/mol. The number of rotatable bonds is 3. The van der Waals surface area contributed by atoms with Gasteiger partial charge in [0.1, 0.15) is 0 Å². The van der Waals surface area contributed by atoms with Crippen molar-refractivity contribution < 1.29 is 29.8 Å². The second-order valence-corrected chi connectivity index (χ2v) is 2.10. The van der Waals surface area contributed by atoms with Crippen LogP contribution in [-0.2, 0) is 24.7 Å². The van der Waals surface area contributed by atoms with Crippen molar-refractivity contribution >= 4 is 5.97 Å². The van der Waals surface area contributed by atoms with E-state index in [9.17, 15) is 8.47 Å². The van der Waals surface area contributed by atoms with Crippen LogP contribution in [0.2, 0.25) is 5.13 Å². The molecular weight excluding hydrogens is 135 g/mol. The Morgan fingerprint density at radius 2 is 2.29 bits per heavy atom. The van der Waals surface area contributed by atoms with Gasteiger partial charge in [-0.3, -0.25) is 0 Å². The second-order valence-electron chi connectivity index (χ2n) is 0.996. The van der Waals surface area contributed by atoms with Gasteiger partial charge in [-0.1, -0.05) is 0 Å². The molecule has 0 unspecified atom stereocenters. The van der Waals surface area contributed by atoms with Gasteiger partial charge in [-0.25, -0.2) is 0 Å². The van der Waals surface area contributed by atoms with Crippen molar-refractivity contribution in [2.24, 2.45) is 0 Å². The topological polar surface area (TPSA) is 54.4 Å². The van der Waals surface area contributed by atoms with E-state index < -0.39 is 22.2 Å². The summed E-state index contributed by atoms with van der Waals surface area (Å²) >= 11 is -0.943. The van der Waals surface area contributed by atoms with Crippen molar-refractivity contribution in [1.29, 1.82) is 0 Å². The predicted octanol–water partition coefficient (Wildman–Crippen LogP) is 0.307. The van der Waals surface area contributed by atoms with Crippen molar-refractivity contribution in [3.8, 4) is 0 Å². The molecule has 0 aromatic heterocycles. The number of aliphatic carboxylic acids is 1. The van der Waals surface area contributed by atoms with Crippen LogP contribution < -0.4 is 0 Å². The van der Waals surface area contributed by atoms with E-state index in [0.717, 1.165) is 0 Å². The fraction of sp³-hybridized carbons (Fsp3) is 0.667. The summed E-state index contributed by atoms with van der Waals surface area (Å²) in [6.45, 7) is 0. The van der Waals surface area contributed by atoms with Gasteiger partial charge in [0.15, 0.2) is 0 Å². The van der Waals surface area contributed by atoms with Crippen molar-refractivity contribution in [2.45, 2.75) is 11.6 Å². The molecule has 0 amide bonds. The Hall–Kier alpha value is -0.146. The minimum absolute atomic E-state index is 0.0451. The maximum atomic E-state index is 9.66. The molecule has 0 fully saturated rings. The molecule has 0 aromatic carbocycles. The Kier molecular flexibility index (Phi) is 3.94. The van der Waals surface area contributed by atoms with E-state index in [2.05, 4.69) is 0 Å². The zero-order valence-electron chi connectivity index (χ0n) is 3.63. The van der Waals surface area contributed by atoms with E-state index in [0.29, 0.717) is 5.13 Å². The molecule has 0 atom stereocenters. The summed E-state index contributed by atoms with van der Waals surface area (Å²) in [7, 11) is 0. The van der Waals surface area contributed by atoms with Gasteiger partial charge in [0.25, 0.3) is 0 Å². The number of hydrogen-bond acceptors (Lipinski definition) is 2. The van der Waals surface area contributed by atoms with E-state index >= 15 is 0 Å². The zero-order valence-corrected chi connectivity index (χ0v) is 5.02. The SMILES string of the molecule is [O]=[V][CH2]CC(=O)O. The van der Waals surface area contributed by atoms with E-state index in [-0.39, 0.29) is 6.42 Å². The second kappa shape index (κ2) is 4.03. The Morgan fingerprint density at radius 3 is 2.43 bits per heavy atom. The summed E-state index contributed by atoms with van der Waals surface area (Å²) in [5.74, 6) is -0.869. The molecular formula is C3H5O3V. The molecule has 3 nitrogen and oxygen atoms in total. The first-order chi connectivity index (χ1) is 3.27. The molecule has 7 heavy (non-hydrogen) atoms. The fourth-order valence-corrected chi connectivity index (χ4v) is 0.583. The average Bonchev–Trinajstić information content (AvgIpc) is 1.61. The quantitative estimate of drug-likeness (QED) is 0.613. The Balaban J connectivity index is 2.97. The number of carbonyl (C=O) groups is 1.